The van der Waals surface area contributed by atoms with Crippen molar-refractivity contribution in [3.8, 4) is 0 Å². The van der Waals surface area contributed by atoms with Gasteiger partial charge in [0, 0.05) is 50.4 Å². The molecule has 132 valence electrons. The van der Waals surface area contributed by atoms with E-state index in [4.69, 9.17) is 4.74 Å². The van der Waals surface area contributed by atoms with Crippen molar-refractivity contribution in [2.24, 2.45) is 0 Å². The Morgan fingerprint density at radius 2 is 2.16 bits per heavy atom. The molecule has 0 radical (unpaired) electrons. The number of hydrogen-bond donors (Lipinski definition) is 1. The summed E-state index contributed by atoms with van der Waals surface area (Å²) < 4.78 is 5.85. The molecule has 1 N–H and O–H groups in total. The van der Waals surface area contributed by atoms with Gasteiger partial charge in [0.25, 0.3) is 0 Å². The second-order valence-corrected chi connectivity index (χ2v) is 6.86. The monoisotopic (exact) mass is 340 g/mol. The van der Waals surface area contributed by atoms with E-state index < -0.39 is 0 Å². The third-order valence-electron chi connectivity index (χ3n) is 5.03. The molecule has 1 fully saturated rings. The topological polar surface area (TPSA) is 61.5 Å². The molecule has 6 heteroatoms. The molecular formula is C19H24N4O2. The fraction of sp³-hybridized carbons (Fsp3) is 0.474. The summed E-state index contributed by atoms with van der Waals surface area (Å²) in [4.78, 5) is 17.0. The Labute approximate surface area is 147 Å². The molecule has 2 aromatic rings. The molecule has 0 bridgehead atoms. The molecule has 2 aliphatic heterocycles. The number of ether oxygens (including phenoxy) is 1. The number of aromatic nitrogens is 2. The Hall–Kier alpha value is -2.18. The van der Waals surface area contributed by atoms with Gasteiger partial charge >= 0.3 is 0 Å². The number of nitrogens with zero attached hydrogens (tertiary/aromatic N) is 3. The maximum atomic E-state index is 12.7. The number of H-pyrrole nitrogens is 1. The van der Waals surface area contributed by atoms with Gasteiger partial charge in [0.05, 0.1) is 25.3 Å². The standard InChI is InChI=1S/C19H24N4O2/c24-19(23-7-6-18-16(13-23)11-20-21-18)10-17-14-22(8-9-25-17)12-15-4-2-1-3-5-15/h1-5,11,17H,6-10,12-14H2,(H,20,21)/t17-/m0/s1. The van der Waals surface area contributed by atoms with E-state index in [9.17, 15) is 4.79 Å². The summed E-state index contributed by atoms with van der Waals surface area (Å²) in [7, 11) is 0. The average molecular weight is 340 g/mol. The van der Waals surface area contributed by atoms with Gasteiger partial charge in [0.15, 0.2) is 0 Å². The van der Waals surface area contributed by atoms with Crippen LogP contribution in [0.15, 0.2) is 36.5 Å². The van der Waals surface area contributed by atoms with Crippen LogP contribution in [0.5, 0.6) is 0 Å². The summed E-state index contributed by atoms with van der Waals surface area (Å²) in [5.41, 5.74) is 3.60. The number of amides is 1. The highest BCUT2D eigenvalue weighted by Crippen LogP contribution is 2.19. The van der Waals surface area contributed by atoms with Crippen molar-refractivity contribution >= 4 is 5.91 Å². The lowest BCUT2D eigenvalue weighted by molar-refractivity contribution is -0.137. The molecule has 1 aromatic carbocycles. The molecule has 0 aliphatic carbocycles. The molecular weight excluding hydrogens is 316 g/mol. The first-order chi connectivity index (χ1) is 12.3. The molecule has 3 heterocycles. The fourth-order valence-electron chi connectivity index (χ4n) is 3.65. The first kappa shape index (κ1) is 16.3. The fourth-order valence-corrected chi connectivity index (χ4v) is 3.65. The van der Waals surface area contributed by atoms with E-state index in [1.54, 1.807) is 0 Å². The zero-order chi connectivity index (χ0) is 17.1. The predicted octanol–water partition coefficient (Wildman–Crippen LogP) is 1.59. The molecule has 0 saturated carbocycles. The van der Waals surface area contributed by atoms with Crippen LogP contribution in [0.1, 0.15) is 23.2 Å². The number of morpholine rings is 1. The van der Waals surface area contributed by atoms with Gasteiger partial charge in [0.1, 0.15) is 0 Å². The van der Waals surface area contributed by atoms with Crippen molar-refractivity contribution in [2.45, 2.75) is 32.0 Å². The lowest BCUT2D eigenvalue weighted by Crippen LogP contribution is -2.45. The number of aromatic amines is 1. The van der Waals surface area contributed by atoms with Crippen LogP contribution in [0, 0.1) is 0 Å². The van der Waals surface area contributed by atoms with Crippen LogP contribution in [0.2, 0.25) is 0 Å². The highest BCUT2D eigenvalue weighted by Gasteiger charge is 2.27. The molecule has 0 unspecified atom stereocenters. The minimum absolute atomic E-state index is 0.0179. The Kier molecular flexibility index (Phi) is 4.81. The first-order valence-corrected chi connectivity index (χ1v) is 8.95. The molecule has 1 atom stereocenters. The SMILES string of the molecule is O=C(C[C@H]1CN(Cc2ccccc2)CCO1)N1CCc2[nH]ncc2C1. The van der Waals surface area contributed by atoms with Crippen molar-refractivity contribution < 1.29 is 9.53 Å². The van der Waals surface area contributed by atoms with Crippen LogP contribution >= 0.6 is 0 Å². The normalized spacial score (nSPS) is 21.1. The lowest BCUT2D eigenvalue weighted by atomic mass is 10.1. The highest BCUT2D eigenvalue weighted by molar-refractivity contribution is 5.77. The number of hydrogen-bond acceptors (Lipinski definition) is 4. The minimum atomic E-state index is -0.0179. The van der Waals surface area contributed by atoms with Crippen LogP contribution in [-0.4, -0.2) is 58.2 Å². The van der Waals surface area contributed by atoms with Gasteiger partial charge in [-0.15, -0.1) is 0 Å². The molecule has 0 spiro atoms. The summed E-state index contributed by atoms with van der Waals surface area (Å²) in [6.07, 6.45) is 3.12. The van der Waals surface area contributed by atoms with Gasteiger partial charge in [-0.2, -0.15) is 5.10 Å². The zero-order valence-corrected chi connectivity index (χ0v) is 14.4. The first-order valence-electron chi connectivity index (χ1n) is 8.95. The van der Waals surface area contributed by atoms with Crippen molar-refractivity contribution in [3.63, 3.8) is 0 Å². The Morgan fingerprint density at radius 3 is 3.04 bits per heavy atom. The quantitative estimate of drug-likeness (QED) is 0.918. The minimum Gasteiger partial charge on any atom is -0.375 e. The van der Waals surface area contributed by atoms with Crippen LogP contribution in [0.4, 0.5) is 0 Å². The number of fused-ring (bicyclic) bond motifs is 1. The van der Waals surface area contributed by atoms with E-state index in [2.05, 4.69) is 39.4 Å². The summed E-state index contributed by atoms with van der Waals surface area (Å²) in [6.45, 7) is 4.75. The van der Waals surface area contributed by atoms with E-state index in [1.165, 1.54) is 5.56 Å². The van der Waals surface area contributed by atoms with Crippen molar-refractivity contribution in [2.75, 3.05) is 26.2 Å². The maximum absolute atomic E-state index is 12.7. The van der Waals surface area contributed by atoms with E-state index in [1.807, 2.05) is 17.2 Å². The number of carbonyl (C=O) groups is 1. The zero-order valence-electron chi connectivity index (χ0n) is 14.4. The van der Waals surface area contributed by atoms with Crippen LogP contribution in [-0.2, 0) is 29.0 Å². The molecule has 1 aromatic heterocycles. The summed E-state index contributed by atoms with van der Waals surface area (Å²) in [6, 6.07) is 10.5. The summed E-state index contributed by atoms with van der Waals surface area (Å²) in [5.74, 6) is 0.179. The lowest BCUT2D eigenvalue weighted by Gasteiger charge is -2.34. The maximum Gasteiger partial charge on any atom is 0.225 e. The van der Waals surface area contributed by atoms with E-state index in [0.29, 0.717) is 19.6 Å². The Bertz CT molecular complexity index is 715. The Balaban J connectivity index is 1.31. The van der Waals surface area contributed by atoms with E-state index in [-0.39, 0.29) is 12.0 Å². The van der Waals surface area contributed by atoms with Crippen molar-refractivity contribution in [3.05, 3.63) is 53.3 Å². The number of carbonyl (C=O) groups excluding carboxylic acids is 1. The number of nitrogens with one attached hydrogen (secondary N) is 1. The van der Waals surface area contributed by atoms with Crippen LogP contribution in [0.25, 0.3) is 0 Å². The third-order valence-corrected chi connectivity index (χ3v) is 5.03. The van der Waals surface area contributed by atoms with Gasteiger partial charge in [0.2, 0.25) is 5.91 Å². The van der Waals surface area contributed by atoms with Gasteiger partial charge in [-0.1, -0.05) is 30.3 Å². The summed E-state index contributed by atoms with van der Waals surface area (Å²) in [5, 5.41) is 7.08. The van der Waals surface area contributed by atoms with Gasteiger partial charge in [-0.05, 0) is 5.56 Å². The Morgan fingerprint density at radius 1 is 1.28 bits per heavy atom. The molecule has 2 aliphatic rings. The molecule has 25 heavy (non-hydrogen) atoms. The molecule has 6 nitrogen and oxygen atoms in total. The van der Waals surface area contributed by atoms with Crippen molar-refractivity contribution in [1.82, 2.24) is 20.0 Å². The largest absolute Gasteiger partial charge is 0.375 e. The van der Waals surface area contributed by atoms with Crippen LogP contribution < -0.4 is 0 Å². The second kappa shape index (κ2) is 7.37. The van der Waals surface area contributed by atoms with Gasteiger partial charge in [-0.25, -0.2) is 0 Å². The summed E-state index contributed by atoms with van der Waals surface area (Å²) >= 11 is 0. The highest BCUT2D eigenvalue weighted by atomic mass is 16.5. The second-order valence-electron chi connectivity index (χ2n) is 6.86. The van der Waals surface area contributed by atoms with Gasteiger partial charge < -0.3 is 9.64 Å². The molecule has 1 amide bonds. The third kappa shape index (κ3) is 3.91. The molecule has 4 rings (SSSR count). The van der Waals surface area contributed by atoms with Crippen molar-refractivity contribution in [1.29, 1.82) is 0 Å². The van der Waals surface area contributed by atoms with Crippen LogP contribution in [0.3, 0.4) is 0 Å². The van der Waals surface area contributed by atoms with Gasteiger partial charge in [-0.3, -0.25) is 14.8 Å². The average Bonchev–Trinajstić information content (AvgIpc) is 3.10. The van der Waals surface area contributed by atoms with E-state index >= 15 is 0 Å². The number of rotatable bonds is 4. The van der Waals surface area contributed by atoms with E-state index in [0.717, 1.165) is 43.9 Å². The predicted molar refractivity (Wildman–Crippen MR) is 93.8 cm³/mol. The number of benzene rings is 1. The smallest absolute Gasteiger partial charge is 0.225 e. The molecule has 1 saturated heterocycles.